The maximum Gasteiger partial charge on any atom is 0.266 e. The van der Waals surface area contributed by atoms with Crippen LogP contribution in [0, 0.1) is 6.92 Å². The van der Waals surface area contributed by atoms with Crippen molar-refractivity contribution in [3.05, 3.63) is 76.4 Å². The largest absolute Gasteiger partial charge is 0.321 e. The van der Waals surface area contributed by atoms with Crippen LogP contribution in [0.3, 0.4) is 0 Å². The molecule has 1 aliphatic rings. The fourth-order valence-corrected chi connectivity index (χ4v) is 4.49. The van der Waals surface area contributed by atoms with Crippen molar-refractivity contribution in [2.24, 2.45) is 0 Å². The van der Waals surface area contributed by atoms with Gasteiger partial charge in [0.15, 0.2) is 0 Å². The van der Waals surface area contributed by atoms with E-state index in [9.17, 15) is 9.59 Å². The minimum atomic E-state index is -0.157. The molecule has 4 rings (SSSR count). The minimum absolute atomic E-state index is 0.0319. The lowest BCUT2D eigenvalue weighted by molar-refractivity contribution is -0.116. The molecule has 3 heterocycles. The second-order valence-electron chi connectivity index (χ2n) is 6.20. The van der Waals surface area contributed by atoms with Gasteiger partial charge in [-0.05, 0) is 47.9 Å². The Morgan fingerprint density at radius 1 is 1.19 bits per heavy atom. The fraction of sp³-hybridized carbons (Fsp3) is 0.150. The number of amides is 2. The molecule has 1 aliphatic heterocycles. The van der Waals surface area contributed by atoms with E-state index in [1.165, 1.54) is 11.3 Å². The molecule has 2 N–H and O–H groups in total. The Balaban J connectivity index is 1.72. The molecule has 130 valence electrons. The third-order valence-electron chi connectivity index (χ3n) is 4.53. The number of carbonyl (C=O) groups is 2. The lowest BCUT2D eigenvalue weighted by atomic mass is 9.85. The van der Waals surface area contributed by atoms with Gasteiger partial charge in [-0.25, -0.2) is 0 Å². The molecule has 2 amide bonds. The number of benzene rings is 1. The van der Waals surface area contributed by atoms with Gasteiger partial charge in [-0.1, -0.05) is 18.2 Å². The summed E-state index contributed by atoms with van der Waals surface area (Å²) in [5, 5.41) is 6.61. The van der Waals surface area contributed by atoms with Crippen molar-refractivity contribution >= 4 is 33.8 Å². The van der Waals surface area contributed by atoms with Gasteiger partial charge in [-0.3, -0.25) is 14.6 Å². The van der Waals surface area contributed by atoms with Crippen LogP contribution in [0.5, 0.6) is 0 Å². The SMILES string of the molecule is Cc1c(C(=O)Nc2ccccc2)sc2c1[C@@H](c1ccncc1)CC(=O)N2. The first-order valence-corrected chi connectivity index (χ1v) is 9.14. The van der Waals surface area contributed by atoms with E-state index in [0.717, 1.165) is 27.4 Å². The van der Waals surface area contributed by atoms with Crippen molar-refractivity contribution in [2.75, 3.05) is 10.6 Å². The van der Waals surface area contributed by atoms with Crippen LogP contribution in [0.25, 0.3) is 0 Å². The first-order chi connectivity index (χ1) is 12.6. The Kier molecular flexibility index (Phi) is 4.26. The van der Waals surface area contributed by atoms with Gasteiger partial charge in [0.05, 0.1) is 9.88 Å². The van der Waals surface area contributed by atoms with E-state index in [1.807, 2.05) is 49.4 Å². The number of aromatic nitrogens is 1. The molecule has 1 atom stereocenters. The molecule has 6 heteroatoms. The molecule has 0 fully saturated rings. The first-order valence-electron chi connectivity index (χ1n) is 8.33. The third kappa shape index (κ3) is 2.99. The van der Waals surface area contributed by atoms with Gasteiger partial charge in [-0.15, -0.1) is 11.3 Å². The number of carbonyl (C=O) groups excluding carboxylic acids is 2. The van der Waals surface area contributed by atoms with Crippen LogP contribution < -0.4 is 10.6 Å². The van der Waals surface area contributed by atoms with E-state index >= 15 is 0 Å². The van der Waals surface area contributed by atoms with E-state index < -0.39 is 0 Å². The summed E-state index contributed by atoms with van der Waals surface area (Å²) in [7, 11) is 0. The Hall–Kier alpha value is -2.99. The zero-order valence-corrected chi connectivity index (χ0v) is 15.0. The first kappa shape index (κ1) is 16.5. The average molecular weight is 363 g/mol. The number of nitrogens with zero attached hydrogens (tertiary/aromatic N) is 1. The van der Waals surface area contributed by atoms with Gasteiger partial charge in [0, 0.05) is 30.4 Å². The average Bonchev–Trinajstić information content (AvgIpc) is 2.99. The predicted molar refractivity (Wildman–Crippen MR) is 103 cm³/mol. The summed E-state index contributed by atoms with van der Waals surface area (Å²) in [5.74, 6) is -0.248. The maximum atomic E-state index is 12.8. The summed E-state index contributed by atoms with van der Waals surface area (Å²) < 4.78 is 0. The second-order valence-corrected chi connectivity index (χ2v) is 7.23. The molecule has 1 aromatic carbocycles. The van der Waals surface area contributed by atoms with Crippen LogP contribution in [0.2, 0.25) is 0 Å². The summed E-state index contributed by atoms with van der Waals surface area (Å²) in [5.41, 5.74) is 3.73. The second kappa shape index (κ2) is 6.72. The zero-order chi connectivity index (χ0) is 18.1. The molecule has 0 spiro atoms. The van der Waals surface area contributed by atoms with Gasteiger partial charge >= 0.3 is 0 Å². The van der Waals surface area contributed by atoms with Crippen LogP contribution in [-0.2, 0) is 4.79 Å². The van der Waals surface area contributed by atoms with Gasteiger partial charge in [-0.2, -0.15) is 0 Å². The van der Waals surface area contributed by atoms with Crippen LogP contribution in [0.1, 0.15) is 38.7 Å². The fourth-order valence-electron chi connectivity index (χ4n) is 3.31. The third-order valence-corrected chi connectivity index (χ3v) is 5.75. The summed E-state index contributed by atoms with van der Waals surface area (Å²) in [6.45, 7) is 1.95. The minimum Gasteiger partial charge on any atom is -0.321 e. The zero-order valence-electron chi connectivity index (χ0n) is 14.2. The summed E-state index contributed by atoms with van der Waals surface area (Å²) in [4.78, 5) is 29.6. The van der Waals surface area contributed by atoms with Crippen LogP contribution in [0.4, 0.5) is 10.7 Å². The smallest absolute Gasteiger partial charge is 0.266 e. The molecule has 0 saturated carbocycles. The highest BCUT2D eigenvalue weighted by Crippen LogP contribution is 2.45. The summed E-state index contributed by atoms with van der Waals surface area (Å²) in [6, 6.07) is 13.2. The number of nitrogens with one attached hydrogen (secondary N) is 2. The van der Waals surface area contributed by atoms with Gasteiger partial charge in [0.25, 0.3) is 5.91 Å². The maximum absolute atomic E-state index is 12.8. The highest BCUT2D eigenvalue weighted by Gasteiger charge is 2.32. The molecule has 26 heavy (non-hydrogen) atoms. The highest BCUT2D eigenvalue weighted by atomic mass is 32.1. The van der Waals surface area contributed by atoms with Crippen molar-refractivity contribution in [1.82, 2.24) is 4.98 Å². The standard InChI is InChI=1S/C20H17N3O2S/c1-12-17-15(13-7-9-21-10-8-13)11-16(24)23-20(17)26-18(12)19(25)22-14-5-3-2-4-6-14/h2-10,15H,11H2,1H3,(H,22,25)(H,23,24)/t15-/m1/s1. The highest BCUT2D eigenvalue weighted by molar-refractivity contribution is 7.18. The molecule has 0 aliphatic carbocycles. The van der Waals surface area contributed by atoms with Crippen molar-refractivity contribution in [3.8, 4) is 0 Å². The molecule has 0 saturated heterocycles. The lowest BCUT2D eigenvalue weighted by Gasteiger charge is -2.23. The Morgan fingerprint density at radius 2 is 1.92 bits per heavy atom. The van der Waals surface area contributed by atoms with Crippen molar-refractivity contribution in [2.45, 2.75) is 19.3 Å². The van der Waals surface area contributed by atoms with Gasteiger partial charge < -0.3 is 10.6 Å². The molecular weight excluding hydrogens is 346 g/mol. The molecule has 2 aromatic heterocycles. The van der Waals surface area contributed by atoms with Crippen LogP contribution >= 0.6 is 11.3 Å². The van der Waals surface area contributed by atoms with E-state index in [4.69, 9.17) is 0 Å². The Labute approximate surface area is 155 Å². The number of fused-ring (bicyclic) bond motifs is 1. The van der Waals surface area contributed by atoms with E-state index in [2.05, 4.69) is 15.6 Å². The van der Waals surface area contributed by atoms with Crippen molar-refractivity contribution in [1.29, 1.82) is 0 Å². The van der Waals surface area contributed by atoms with E-state index in [-0.39, 0.29) is 17.7 Å². The Morgan fingerprint density at radius 3 is 2.65 bits per heavy atom. The number of hydrogen-bond acceptors (Lipinski definition) is 4. The normalized spacial score (nSPS) is 15.9. The van der Waals surface area contributed by atoms with Gasteiger partial charge in [0.1, 0.15) is 0 Å². The lowest BCUT2D eigenvalue weighted by Crippen LogP contribution is -2.22. The van der Waals surface area contributed by atoms with E-state index in [1.54, 1.807) is 12.4 Å². The summed E-state index contributed by atoms with van der Waals surface area (Å²) in [6.07, 6.45) is 3.83. The molecule has 3 aromatic rings. The molecule has 0 bridgehead atoms. The molecule has 0 unspecified atom stereocenters. The quantitative estimate of drug-likeness (QED) is 0.733. The number of thiophene rings is 1. The van der Waals surface area contributed by atoms with E-state index in [0.29, 0.717) is 11.3 Å². The molecule has 0 radical (unpaired) electrons. The predicted octanol–water partition coefficient (Wildman–Crippen LogP) is 4.18. The number of rotatable bonds is 3. The monoisotopic (exact) mass is 363 g/mol. The number of hydrogen-bond donors (Lipinski definition) is 2. The number of anilines is 2. The van der Waals surface area contributed by atoms with Crippen LogP contribution in [0.15, 0.2) is 54.9 Å². The molecular formula is C20H17N3O2S. The summed E-state index contributed by atoms with van der Waals surface area (Å²) >= 11 is 1.33. The topological polar surface area (TPSA) is 71.1 Å². The van der Waals surface area contributed by atoms with Crippen molar-refractivity contribution < 1.29 is 9.59 Å². The molecule has 5 nitrogen and oxygen atoms in total. The van der Waals surface area contributed by atoms with Gasteiger partial charge in [0.2, 0.25) is 5.91 Å². The Bertz CT molecular complexity index is 967. The number of para-hydroxylation sites is 1. The van der Waals surface area contributed by atoms with Crippen molar-refractivity contribution in [3.63, 3.8) is 0 Å². The van der Waals surface area contributed by atoms with Crippen LogP contribution in [-0.4, -0.2) is 16.8 Å². The number of pyridine rings is 1.